The predicted octanol–water partition coefficient (Wildman–Crippen LogP) is 0.264. The molecular formula is C62H83ClN12O17. The number of aromatic nitrogens is 1. The third-order valence-electron chi connectivity index (χ3n) is 17.9. The number of ketones is 1. The molecule has 500 valence electrons. The number of esters is 2. The molecule has 1 aromatic carbocycles. The number of Topliss-reactive ketones (excluding diaryl/α,β-unsaturated/α-hetero) is 1. The number of likely N-dealkylation sites (N-methyl/N-ethyl adjacent to an activating group) is 4. The second-order valence-electron chi connectivity index (χ2n) is 25.4. The largest absolute Gasteiger partial charge is 0.458 e. The first kappa shape index (κ1) is 70.7. The van der Waals surface area contributed by atoms with E-state index in [1.807, 2.05) is 0 Å². The number of rotatable bonds is 8. The second-order valence-corrected chi connectivity index (χ2v) is 25.7. The van der Waals surface area contributed by atoms with E-state index < -0.39 is 215 Å². The topological polar surface area (TPSA) is 377 Å². The normalized spacial score (nSPS) is 27.5. The van der Waals surface area contributed by atoms with Gasteiger partial charge in [0, 0.05) is 46.2 Å². The van der Waals surface area contributed by atoms with Gasteiger partial charge in [-0.05, 0) is 83.8 Å². The summed E-state index contributed by atoms with van der Waals surface area (Å²) in [4.78, 5) is 212. The van der Waals surface area contributed by atoms with E-state index in [1.165, 1.54) is 77.8 Å². The highest BCUT2D eigenvalue weighted by molar-refractivity contribution is 6.19. The number of carbonyl (C=O) groups is 13. The van der Waals surface area contributed by atoms with E-state index in [9.17, 15) is 57.5 Å². The number of hydrogen-bond acceptors (Lipinski definition) is 19. The molecule has 4 fully saturated rings. The number of ether oxygens (including phenoxy) is 2. The number of nitrogens with two attached hydrogens (primary N) is 1. The Morgan fingerprint density at radius 2 is 1.22 bits per heavy atom. The minimum absolute atomic E-state index is 0.115. The van der Waals surface area contributed by atoms with Crippen LogP contribution in [0.3, 0.4) is 0 Å². The van der Waals surface area contributed by atoms with Crippen molar-refractivity contribution in [3.63, 3.8) is 0 Å². The number of aryl methyl sites for hydroxylation is 1. The quantitative estimate of drug-likeness (QED) is 0.0874. The molecule has 29 nitrogen and oxygen atoms in total. The zero-order valence-corrected chi connectivity index (χ0v) is 55.3. The highest BCUT2D eigenvalue weighted by Crippen LogP contribution is 2.36. The van der Waals surface area contributed by atoms with Gasteiger partial charge in [0.25, 0.3) is 11.8 Å². The zero-order valence-electron chi connectivity index (χ0n) is 54.6. The van der Waals surface area contributed by atoms with Gasteiger partial charge < -0.3 is 70.3 Å². The van der Waals surface area contributed by atoms with Crippen LogP contribution in [0, 0.1) is 31.6 Å². The first-order valence-electron chi connectivity index (χ1n) is 30.5. The number of carbonyl (C=O) groups excluding carboxylic acids is 13. The maximum atomic E-state index is 15.2. The van der Waals surface area contributed by atoms with E-state index in [-0.39, 0.29) is 34.4 Å². The average Bonchev–Trinajstić information content (AvgIpc) is 0.867. The molecule has 0 aromatic heterocycles. The van der Waals surface area contributed by atoms with Crippen LogP contribution in [-0.4, -0.2) is 231 Å². The molecule has 0 radical (unpaired) electrons. The van der Waals surface area contributed by atoms with Crippen LogP contribution in [0.2, 0.25) is 0 Å². The van der Waals surface area contributed by atoms with Gasteiger partial charge in [0.2, 0.25) is 52.7 Å². The Balaban J connectivity index is 1.33. The molecular weight excluding hydrogens is 1220 g/mol. The first-order chi connectivity index (χ1) is 43.0. The first-order valence-corrected chi connectivity index (χ1v) is 31.0. The third kappa shape index (κ3) is 13.7. The van der Waals surface area contributed by atoms with Crippen molar-refractivity contribution >= 4 is 105 Å². The Morgan fingerprint density at radius 3 is 1.78 bits per heavy atom. The summed E-state index contributed by atoms with van der Waals surface area (Å²) in [7, 11) is 5.33. The van der Waals surface area contributed by atoms with Crippen LogP contribution >= 0.6 is 11.6 Å². The summed E-state index contributed by atoms with van der Waals surface area (Å²) in [6.45, 7) is 17.4. The average molecular weight is 1300 g/mol. The molecule has 6 N–H and O–H groups in total. The van der Waals surface area contributed by atoms with Crippen LogP contribution in [0.15, 0.2) is 21.3 Å². The number of amides is 10. The third-order valence-corrected chi connectivity index (χ3v) is 18.2. The summed E-state index contributed by atoms with van der Waals surface area (Å²) in [6.07, 6.45) is -3.09. The Bertz CT molecular complexity index is 3550. The fourth-order valence-corrected chi connectivity index (χ4v) is 12.3. The Hall–Kier alpha value is -8.76. The molecule has 4 saturated heterocycles. The van der Waals surface area contributed by atoms with Crippen molar-refractivity contribution in [3.8, 4) is 11.5 Å². The SMILES string of the molecule is Cc1c2oc3c(C)ccc(C(=O)N[C@H]4C(=O)N[C@H](C(C)C)C(=O)N5C(C)CC[C@H]5C(=O)N(C)CC(=O)N(C)[C@@H](C(C)C)C(=O)O[C@@H]4C)c3nc-2c(C(=O)N[C@H]2C(=O)N[C@H](C(C)C)C(=O)N3C(C)C(=O)C[C@H]3C(=O)N(C)CC(=O)N(C)[C@@H](C)C(=O)O[C@@H]2CCl)c(N)c1=O. The molecule has 0 saturated carbocycles. The number of hydrogen-bond donors (Lipinski definition) is 5. The number of cyclic esters (lactones) is 2. The number of nitrogens with one attached hydrogen (secondary N) is 4. The maximum absolute atomic E-state index is 15.2. The van der Waals surface area contributed by atoms with Crippen molar-refractivity contribution in [2.24, 2.45) is 17.8 Å². The van der Waals surface area contributed by atoms with E-state index >= 15 is 9.59 Å². The molecule has 92 heavy (non-hydrogen) atoms. The van der Waals surface area contributed by atoms with Gasteiger partial charge in [0.1, 0.15) is 71.8 Å². The molecule has 12 atom stereocenters. The number of nitrogen functional groups attached to an aromatic ring is 1. The van der Waals surface area contributed by atoms with Gasteiger partial charge in [-0.3, -0.25) is 57.5 Å². The highest BCUT2D eigenvalue weighted by atomic mass is 35.5. The lowest BCUT2D eigenvalue weighted by molar-refractivity contribution is -0.163. The summed E-state index contributed by atoms with van der Waals surface area (Å²) in [6, 6.07) is -10.7. The number of anilines is 1. The van der Waals surface area contributed by atoms with Gasteiger partial charge in [-0.2, -0.15) is 0 Å². The van der Waals surface area contributed by atoms with Crippen LogP contribution < -0.4 is 32.4 Å². The van der Waals surface area contributed by atoms with Gasteiger partial charge in [0.15, 0.2) is 17.1 Å². The molecule has 30 heteroatoms. The summed E-state index contributed by atoms with van der Waals surface area (Å²) >= 11 is 6.49. The molecule has 6 aliphatic rings. The van der Waals surface area contributed by atoms with Gasteiger partial charge in [-0.1, -0.05) is 47.6 Å². The number of halogens is 1. The molecule has 2 unspecified atom stereocenters. The van der Waals surface area contributed by atoms with Crippen LogP contribution in [-0.2, 0) is 62.2 Å². The fourth-order valence-electron chi connectivity index (χ4n) is 12.1. The van der Waals surface area contributed by atoms with Crippen LogP contribution in [0.5, 0.6) is 0 Å². The van der Waals surface area contributed by atoms with E-state index in [2.05, 4.69) is 21.3 Å². The zero-order chi connectivity index (χ0) is 68.7. The lowest BCUT2D eigenvalue weighted by Gasteiger charge is -2.37. The van der Waals surface area contributed by atoms with Gasteiger partial charge in [-0.25, -0.2) is 14.6 Å². The summed E-state index contributed by atoms with van der Waals surface area (Å²) < 4.78 is 18.1. The molecule has 0 bridgehead atoms. The summed E-state index contributed by atoms with van der Waals surface area (Å²) in [5, 5.41) is 10.4. The van der Waals surface area contributed by atoms with Gasteiger partial charge in [-0.15, -0.1) is 11.6 Å². The Morgan fingerprint density at radius 1 is 0.674 bits per heavy atom. The van der Waals surface area contributed by atoms with Crippen molar-refractivity contribution in [3.05, 3.63) is 44.6 Å². The van der Waals surface area contributed by atoms with E-state index in [4.69, 9.17) is 36.2 Å². The Kier molecular flexibility index (Phi) is 21.5. The second kappa shape index (κ2) is 28.0. The maximum Gasteiger partial charge on any atom is 0.329 e. The van der Waals surface area contributed by atoms with Gasteiger partial charge >= 0.3 is 11.9 Å². The lowest BCUT2D eigenvalue weighted by atomic mass is 9.98. The molecule has 1 aliphatic carbocycles. The van der Waals surface area contributed by atoms with Gasteiger partial charge in [0.05, 0.1) is 41.8 Å². The molecule has 0 spiro atoms. The summed E-state index contributed by atoms with van der Waals surface area (Å²) in [5.41, 5.74) is 3.09. The number of fused-ring (bicyclic) bond motifs is 4. The monoisotopic (exact) mass is 1300 g/mol. The lowest BCUT2D eigenvalue weighted by Crippen LogP contribution is -2.62. The van der Waals surface area contributed by atoms with E-state index in [0.29, 0.717) is 12.0 Å². The standard InChI is InChI=1S/C62H83ClN12O17/c1-25(2)43-59(86)74-29(8)18-20-35(74)57(84)70(13)24-40(78)73(16)49(27(5)6)62(89)90-33(12)45(55(82)66-43)68-53(80)34-19-17-28(7)51-46(34)65-48-41(42(64)50(79)30(9)52(48)92-51)54(81)69-47-38(22-63)91-61(88)32(11)72(15)39(77)23-71(14)58(85)36-21-37(76)31(10)75(36)60(87)44(26(3)4)67-56(47)83/h17,19,25-27,29,31-33,35-36,38,43-45,47,49H,18,20-24,64H2,1-16H3,(H,66,82)(H,67,83)(H,68,80)(H,69,81)/t29?,31?,32-,33+,35-,36-,38+,43+,44+,45+,47+,49-/m0/s1. The minimum Gasteiger partial charge on any atom is -0.458 e. The number of benzene rings is 2. The van der Waals surface area contributed by atoms with E-state index in [0.717, 1.165) is 19.6 Å². The molecule has 7 rings (SSSR count). The Labute approximate surface area is 536 Å². The van der Waals surface area contributed by atoms with Crippen molar-refractivity contribution < 1.29 is 76.2 Å². The molecule has 5 aliphatic heterocycles. The van der Waals surface area contributed by atoms with Crippen LogP contribution in [0.4, 0.5) is 5.69 Å². The van der Waals surface area contributed by atoms with Crippen molar-refractivity contribution in [1.29, 1.82) is 0 Å². The van der Waals surface area contributed by atoms with Crippen molar-refractivity contribution in [1.82, 2.24) is 55.7 Å². The van der Waals surface area contributed by atoms with Crippen LogP contribution in [0.25, 0.3) is 22.6 Å². The predicted molar refractivity (Wildman–Crippen MR) is 331 cm³/mol. The number of alkyl halides is 1. The highest BCUT2D eigenvalue weighted by Gasteiger charge is 2.50. The smallest absolute Gasteiger partial charge is 0.329 e. The molecule has 5 heterocycles. The van der Waals surface area contributed by atoms with Crippen LogP contribution in [0.1, 0.15) is 120 Å². The molecule has 1 aromatic rings. The summed E-state index contributed by atoms with van der Waals surface area (Å²) in [5.74, 6) is -14.4. The molecule has 10 amide bonds. The van der Waals surface area contributed by atoms with E-state index in [1.54, 1.807) is 55.4 Å². The fraction of sp³-hybridized carbons (Fsp3) is 0.597. The van der Waals surface area contributed by atoms with Crippen molar-refractivity contribution in [2.45, 2.75) is 175 Å². The number of nitrogens with zero attached hydrogens (tertiary/aromatic N) is 7. The minimum atomic E-state index is -2.07. The van der Waals surface area contributed by atoms with Crippen molar-refractivity contribution in [2.75, 3.05) is 52.9 Å².